The molecule has 0 spiro atoms. The van der Waals surface area contributed by atoms with Gasteiger partial charge >= 0.3 is 0 Å². The topological polar surface area (TPSA) is 81.0 Å². The number of hydrogen-bond donors (Lipinski definition) is 0. The summed E-state index contributed by atoms with van der Waals surface area (Å²) in [6.45, 7) is 3.59. The van der Waals surface area contributed by atoms with E-state index in [1.165, 1.54) is 30.2 Å². The van der Waals surface area contributed by atoms with E-state index in [-0.39, 0.29) is 4.90 Å². The third kappa shape index (κ3) is 4.28. The molecule has 0 atom stereocenters. The van der Waals surface area contributed by atoms with Crippen LogP contribution >= 0.6 is 0 Å². The molecule has 0 aliphatic heterocycles. The SMILES string of the molecule is Cc1cccc(CN(Cc2nnnn2-c2ccc(S(C)(=O)=O)cc2)C2CC2)c1. The zero-order chi connectivity index (χ0) is 19.7. The number of benzene rings is 2. The lowest BCUT2D eigenvalue weighted by molar-refractivity contribution is 0.237. The van der Waals surface area contributed by atoms with Gasteiger partial charge in [-0.05, 0) is 60.0 Å². The minimum atomic E-state index is -3.23. The molecule has 1 saturated carbocycles. The monoisotopic (exact) mass is 397 g/mol. The lowest BCUT2D eigenvalue weighted by Gasteiger charge is -2.21. The largest absolute Gasteiger partial charge is 0.289 e. The molecule has 3 aromatic rings. The van der Waals surface area contributed by atoms with Gasteiger partial charge in [-0.25, -0.2) is 8.42 Å². The average molecular weight is 398 g/mol. The highest BCUT2D eigenvalue weighted by Crippen LogP contribution is 2.30. The smallest absolute Gasteiger partial charge is 0.175 e. The van der Waals surface area contributed by atoms with E-state index in [1.807, 2.05) is 0 Å². The van der Waals surface area contributed by atoms with Crippen molar-refractivity contribution in [2.75, 3.05) is 6.26 Å². The van der Waals surface area contributed by atoms with Crippen molar-refractivity contribution < 1.29 is 8.42 Å². The molecular formula is C20H23N5O2S. The summed E-state index contributed by atoms with van der Waals surface area (Å²) in [6.07, 6.45) is 3.58. The molecule has 1 aliphatic rings. The molecule has 28 heavy (non-hydrogen) atoms. The van der Waals surface area contributed by atoms with Gasteiger partial charge in [-0.3, -0.25) is 4.90 Å². The molecule has 0 saturated heterocycles. The highest BCUT2D eigenvalue weighted by molar-refractivity contribution is 7.90. The molecule has 1 fully saturated rings. The maximum absolute atomic E-state index is 11.7. The molecule has 1 aliphatic carbocycles. The van der Waals surface area contributed by atoms with Crippen molar-refractivity contribution in [3.8, 4) is 5.69 Å². The second kappa shape index (κ2) is 7.44. The first-order chi connectivity index (χ1) is 13.4. The third-order valence-electron chi connectivity index (χ3n) is 4.92. The first kappa shape index (κ1) is 18.8. The van der Waals surface area contributed by atoms with Crippen LogP contribution in [0.15, 0.2) is 53.4 Å². The fourth-order valence-electron chi connectivity index (χ4n) is 3.32. The Labute approximate surface area is 164 Å². The predicted molar refractivity (Wildman–Crippen MR) is 106 cm³/mol. The normalized spacial score (nSPS) is 14.5. The highest BCUT2D eigenvalue weighted by Gasteiger charge is 2.30. The van der Waals surface area contributed by atoms with Crippen molar-refractivity contribution in [3.05, 3.63) is 65.5 Å². The Bertz CT molecular complexity index is 1070. The van der Waals surface area contributed by atoms with Crippen LogP contribution in [0.5, 0.6) is 0 Å². The lowest BCUT2D eigenvalue weighted by atomic mass is 10.1. The van der Waals surface area contributed by atoms with Crippen LogP contribution in [0.2, 0.25) is 0 Å². The number of hydrogen-bond acceptors (Lipinski definition) is 6. The van der Waals surface area contributed by atoms with Gasteiger partial charge in [0, 0.05) is 18.8 Å². The van der Waals surface area contributed by atoms with Crippen LogP contribution in [-0.4, -0.2) is 45.8 Å². The Morgan fingerprint density at radius 2 is 1.86 bits per heavy atom. The van der Waals surface area contributed by atoms with Crippen molar-refractivity contribution in [2.45, 2.75) is 43.8 Å². The van der Waals surface area contributed by atoms with Gasteiger partial charge in [-0.15, -0.1) is 5.10 Å². The standard InChI is InChI=1S/C20H23N5O2S/c1-15-4-3-5-16(12-15)13-24(17-6-7-17)14-20-21-22-23-25(20)18-8-10-19(11-9-18)28(2,26)27/h3-5,8-12,17H,6-7,13-14H2,1-2H3. The van der Waals surface area contributed by atoms with Gasteiger partial charge in [0.15, 0.2) is 15.7 Å². The van der Waals surface area contributed by atoms with Gasteiger partial charge in [0.1, 0.15) is 0 Å². The van der Waals surface area contributed by atoms with Gasteiger partial charge < -0.3 is 0 Å². The van der Waals surface area contributed by atoms with Crippen LogP contribution in [0, 0.1) is 6.92 Å². The van der Waals surface area contributed by atoms with Crippen LogP contribution in [-0.2, 0) is 22.9 Å². The zero-order valence-corrected chi connectivity index (χ0v) is 16.8. The minimum absolute atomic E-state index is 0.282. The van der Waals surface area contributed by atoms with Gasteiger partial charge in [0.2, 0.25) is 0 Å². The van der Waals surface area contributed by atoms with Crippen molar-refractivity contribution in [1.29, 1.82) is 0 Å². The maximum atomic E-state index is 11.7. The molecule has 1 aromatic heterocycles. The van der Waals surface area contributed by atoms with Crippen LogP contribution in [0.3, 0.4) is 0 Å². The van der Waals surface area contributed by atoms with E-state index in [1.54, 1.807) is 28.9 Å². The maximum Gasteiger partial charge on any atom is 0.175 e. The van der Waals surface area contributed by atoms with Gasteiger partial charge in [-0.1, -0.05) is 29.8 Å². The fraction of sp³-hybridized carbons (Fsp3) is 0.350. The summed E-state index contributed by atoms with van der Waals surface area (Å²) in [5.74, 6) is 0.742. The fourth-order valence-corrected chi connectivity index (χ4v) is 3.95. The van der Waals surface area contributed by atoms with Gasteiger partial charge in [0.05, 0.1) is 17.1 Å². The van der Waals surface area contributed by atoms with Crippen LogP contribution in [0.1, 0.15) is 29.8 Å². The first-order valence-corrected chi connectivity index (χ1v) is 11.2. The van der Waals surface area contributed by atoms with E-state index >= 15 is 0 Å². The average Bonchev–Trinajstić information content (AvgIpc) is 3.40. The second-order valence-corrected chi connectivity index (χ2v) is 9.41. The predicted octanol–water partition coefficient (Wildman–Crippen LogP) is 2.54. The van der Waals surface area contributed by atoms with E-state index in [9.17, 15) is 8.42 Å². The number of nitrogens with zero attached hydrogens (tertiary/aromatic N) is 5. The quantitative estimate of drug-likeness (QED) is 0.609. The molecule has 0 radical (unpaired) electrons. The van der Waals surface area contributed by atoms with E-state index in [0.29, 0.717) is 12.6 Å². The molecule has 0 N–H and O–H groups in total. The Kier molecular flexibility index (Phi) is 4.99. The molecule has 146 valence electrons. The third-order valence-corrected chi connectivity index (χ3v) is 6.05. The molecule has 8 heteroatoms. The number of tetrazole rings is 1. The molecule has 0 bridgehead atoms. The van der Waals surface area contributed by atoms with Crippen molar-refractivity contribution in [1.82, 2.24) is 25.1 Å². The van der Waals surface area contributed by atoms with E-state index in [0.717, 1.165) is 18.1 Å². The molecular weight excluding hydrogens is 374 g/mol. The van der Waals surface area contributed by atoms with Crippen LogP contribution in [0.4, 0.5) is 0 Å². The van der Waals surface area contributed by atoms with Gasteiger partial charge in [0.25, 0.3) is 0 Å². The summed E-state index contributed by atoms with van der Waals surface area (Å²) in [6, 6.07) is 15.7. The molecule has 7 nitrogen and oxygen atoms in total. The second-order valence-electron chi connectivity index (χ2n) is 7.40. The number of aromatic nitrogens is 4. The van der Waals surface area contributed by atoms with Crippen molar-refractivity contribution in [2.24, 2.45) is 0 Å². The zero-order valence-electron chi connectivity index (χ0n) is 16.0. The Morgan fingerprint density at radius 1 is 1.11 bits per heavy atom. The van der Waals surface area contributed by atoms with Crippen LogP contribution in [0.25, 0.3) is 5.69 Å². The number of aryl methyl sites for hydroxylation is 1. The van der Waals surface area contributed by atoms with E-state index < -0.39 is 9.84 Å². The number of sulfone groups is 1. The highest BCUT2D eigenvalue weighted by atomic mass is 32.2. The first-order valence-electron chi connectivity index (χ1n) is 9.27. The Hall–Kier alpha value is -2.58. The van der Waals surface area contributed by atoms with Crippen molar-refractivity contribution >= 4 is 9.84 Å². The summed E-state index contributed by atoms with van der Waals surface area (Å²) in [5, 5.41) is 12.2. The summed E-state index contributed by atoms with van der Waals surface area (Å²) < 4.78 is 25.0. The summed E-state index contributed by atoms with van der Waals surface area (Å²) >= 11 is 0. The van der Waals surface area contributed by atoms with E-state index in [2.05, 4.69) is 51.6 Å². The van der Waals surface area contributed by atoms with E-state index in [4.69, 9.17) is 0 Å². The number of rotatable bonds is 7. The molecule has 4 rings (SSSR count). The van der Waals surface area contributed by atoms with Crippen molar-refractivity contribution in [3.63, 3.8) is 0 Å². The molecule has 2 aromatic carbocycles. The Morgan fingerprint density at radius 3 is 2.50 bits per heavy atom. The summed E-state index contributed by atoms with van der Waals surface area (Å²) in [4.78, 5) is 2.69. The molecule has 0 amide bonds. The Balaban J connectivity index is 1.56. The lowest BCUT2D eigenvalue weighted by Crippen LogP contribution is -2.27. The summed E-state index contributed by atoms with van der Waals surface area (Å²) in [5.41, 5.74) is 3.28. The van der Waals surface area contributed by atoms with Crippen LogP contribution < -0.4 is 0 Å². The summed E-state index contributed by atoms with van der Waals surface area (Å²) in [7, 11) is -3.23. The molecule has 0 unspecified atom stereocenters. The van der Waals surface area contributed by atoms with Gasteiger partial charge in [-0.2, -0.15) is 4.68 Å². The molecule has 1 heterocycles. The minimum Gasteiger partial charge on any atom is -0.289 e.